The van der Waals surface area contributed by atoms with E-state index in [4.69, 9.17) is 10.8 Å². The number of rotatable bonds is 12. The normalized spacial score (nSPS) is 15.0. The van der Waals surface area contributed by atoms with E-state index in [-0.39, 0.29) is 24.1 Å². The third-order valence-corrected chi connectivity index (χ3v) is 3.77. The van der Waals surface area contributed by atoms with Crippen LogP contribution in [0.25, 0.3) is 0 Å². The molecule has 24 heavy (non-hydrogen) atoms. The number of nitrogens with zero attached hydrogens (tertiary/aromatic N) is 1. The first-order valence-corrected chi connectivity index (χ1v) is 8.21. The molecule has 0 radical (unpaired) electrons. The lowest BCUT2D eigenvalue weighted by molar-refractivity contribution is -0.142. The maximum atomic E-state index is 11.8. The number of hydrogen-bond acceptors (Lipinski definition) is 5. The van der Waals surface area contributed by atoms with Crippen molar-refractivity contribution < 1.29 is 24.3 Å². The Kier molecular flexibility index (Phi) is 8.70. The molecule has 0 aromatic carbocycles. The van der Waals surface area contributed by atoms with Gasteiger partial charge in [0.2, 0.25) is 5.91 Å². The average molecular weight is 339 g/mol. The lowest BCUT2D eigenvalue weighted by atomic mass is 10.1. The van der Waals surface area contributed by atoms with Crippen LogP contribution in [0.5, 0.6) is 0 Å². The summed E-state index contributed by atoms with van der Waals surface area (Å²) >= 11 is 0. The molecule has 134 valence electrons. The van der Waals surface area contributed by atoms with E-state index in [2.05, 4.69) is 5.32 Å². The van der Waals surface area contributed by atoms with Crippen molar-refractivity contribution in [2.75, 3.05) is 13.1 Å². The summed E-state index contributed by atoms with van der Waals surface area (Å²) in [6, 6.07) is -0.880. The minimum absolute atomic E-state index is 0.223. The third-order valence-electron chi connectivity index (χ3n) is 3.77. The molecular weight excluding hydrogens is 314 g/mol. The second-order valence-corrected chi connectivity index (χ2v) is 5.71. The van der Waals surface area contributed by atoms with Gasteiger partial charge in [-0.25, -0.2) is 4.79 Å². The van der Waals surface area contributed by atoms with Crippen molar-refractivity contribution in [1.82, 2.24) is 10.2 Å². The average Bonchev–Trinajstić information content (AvgIpc) is 2.85. The second kappa shape index (κ2) is 10.5. The number of carbonyl (C=O) groups excluding carboxylic acids is 3. The van der Waals surface area contributed by atoms with Crippen molar-refractivity contribution in [3.63, 3.8) is 0 Å². The molecule has 0 spiro atoms. The van der Waals surface area contributed by atoms with E-state index in [1.165, 1.54) is 12.2 Å². The van der Waals surface area contributed by atoms with Crippen molar-refractivity contribution in [3.05, 3.63) is 12.2 Å². The van der Waals surface area contributed by atoms with Crippen LogP contribution >= 0.6 is 0 Å². The smallest absolute Gasteiger partial charge is 0.326 e. The molecule has 0 aromatic rings. The van der Waals surface area contributed by atoms with E-state index in [1.54, 1.807) is 0 Å². The predicted octanol–water partition coefficient (Wildman–Crippen LogP) is 0.170. The van der Waals surface area contributed by atoms with Crippen molar-refractivity contribution >= 4 is 23.7 Å². The number of carbonyl (C=O) groups is 4. The molecule has 8 heteroatoms. The zero-order valence-electron chi connectivity index (χ0n) is 13.7. The maximum Gasteiger partial charge on any atom is 0.326 e. The summed E-state index contributed by atoms with van der Waals surface area (Å²) in [5, 5.41) is 11.6. The Balaban J connectivity index is 2.17. The molecule has 0 saturated carbocycles. The van der Waals surface area contributed by atoms with Crippen LogP contribution in [0.15, 0.2) is 12.2 Å². The zero-order valence-corrected chi connectivity index (χ0v) is 13.7. The highest BCUT2D eigenvalue weighted by atomic mass is 16.4. The number of hydrogen-bond donors (Lipinski definition) is 3. The summed E-state index contributed by atoms with van der Waals surface area (Å²) in [5.41, 5.74) is 5.36. The summed E-state index contributed by atoms with van der Waals surface area (Å²) < 4.78 is 0. The van der Waals surface area contributed by atoms with Crippen LogP contribution in [0.3, 0.4) is 0 Å². The molecule has 1 heterocycles. The Morgan fingerprint density at radius 2 is 1.75 bits per heavy atom. The van der Waals surface area contributed by atoms with E-state index >= 15 is 0 Å². The summed E-state index contributed by atoms with van der Waals surface area (Å²) in [6.07, 6.45) is 6.32. The number of amides is 3. The fourth-order valence-corrected chi connectivity index (χ4v) is 2.40. The number of carboxylic acid groups (broad SMARTS) is 1. The van der Waals surface area contributed by atoms with E-state index in [9.17, 15) is 19.2 Å². The fourth-order valence-electron chi connectivity index (χ4n) is 2.40. The van der Waals surface area contributed by atoms with Crippen LogP contribution in [-0.2, 0) is 19.2 Å². The van der Waals surface area contributed by atoms with Crippen molar-refractivity contribution in [2.45, 2.75) is 51.0 Å². The molecule has 0 unspecified atom stereocenters. The third kappa shape index (κ3) is 6.91. The van der Waals surface area contributed by atoms with Gasteiger partial charge in [-0.2, -0.15) is 0 Å². The molecule has 1 atom stereocenters. The number of nitrogens with one attached hydrogen (secondary N) is 1. The van der Waals surface area contributed by atoms with Crippen LogP contribution in [0, 0.1) is 0 Å². The SMILES string of the molecule is NCCCC[C@H](NC(=O)CCCCCN1C(=O)C=CC1=O)C(=O)O. The molecule has 0 fully saturated rings. The monoisotopic (exact) mass is 339 g/mol. The summed E-state index contributed by atoms with van der Waals surface area (Å²) in [7, 11) is 0. The second-order valence-electron chi connectivity index (χ2n) is 5.71. The first-order chi connectivity index (χ1) is 11.5. The quantitative estimate of drug-likeness (QED) is 0.343. The number of carboxylic acids is 1. The van der Waals surface area contributed by atoms with Gasteiger partial charge in [-0.1, -0.05) is 6.42 Å². The molecular formula is C16H25N3O5. The maximum absolute atomic E-state index is 11.8. The Hall–Kier alpha value is -2.22. The molecule has 4 N–H and O–H groups in total. The molecule has 0 saturated heterocycles. The fraction of sp³-hybridized carbons (Fsp3) is 0.625. The molecule has 1 aliphatic rings. The molecule has 3 amide bonds. The van der Waals surface area contributed by atoms with Gasteiger partial charge in [0.05, 0.1) is 0 Å². The molecule has 0 bridgehead atoms. The highest BCUT2D eigenvalue weighted by molar-refractivity contribution is 6.12. The Morgan fingerprint density at radius 1 is 1.08 bits per heavy atom. The summed E-state index contributed by atoms with van der Waals surface area (Å²) in [5.74, 6) is -1.96. The molecule has 8 nitrogen and oxygen atoms in total. The predicted molar refractivity (Wildman–Crippen MR) is 86.8 cm³/mol. The lowest BCUT2D eigenvalue weighted by Gasteiger charge is -2.15. The van der Waals surface area contributed by atoms with Gasteiger partial charge in [0.25, 0.3) is 11.8 Å². The minimum atomic E-state index is -1.04. The van der Waals surface area contributed by atoms with Crippen LogP contribution < -0.4 is 11.1 Å². The minimum Gasteiger partial charge on any atom is -0.480 e. The highest BCUT2D eigenvalue weighted by Gasteiger charge is 2.22. The van der Waals surface area contributed by atoms with Gasteiger partial charge < -0.3 is 16.2 Å². The van der Waals surface area contributed by atoms with Crippen molar-refractivity contribution in [2.24, 2.45) is 5.73 Å². The summed E-state index contributed by atoms with van der Waals surface area (Å²) in [6.45, 7) is 0.834. The van der Waals surface area contributed by atoms with Crippen LogP contribution in [0.1, 0.15) is 44.9 Å². The van der Waals surface area contributed by atoms with Crippen LogP contribution in [0.4, 0.5) is 0 Å². The van der Waals surface area contributed by atoms with Crippen LogP contribution in [-0.4, -0.2) is 52.8 Å². The van der Waals surface area contributed by atoms with Gasteiger partial charge in [0.15, 0.2) is 0 Å². The van der Waals surface area contributed by atoms with E-state index in [0.29, 0.717) is 45.2 Å². The summed E-state index contributed by atoms with van der Waals surface area (Å²) in [4.78, 5) is 46.7. The molecule has 0 aromatic heterocycles. The van der Waals surface area contributed by atoms with Gasteiger partial charge in [0.1, 0.15) is 6.04 Å². The standard InChI is InChI=1S/C16H25N3O5/c17-10-4-3-6-12(16(23)24)18-13(20)7-2-1-5-11-19-14(21)8-9-15(19)22/h8-9,12H,1-7,10-11,17H2,(H,18,20)(H,23,24)/t12-/m0/s1. The van der Waals surface area contributed by atoms with Gasteiger partial charge in [0, 0.05) is 25.1 Å². The zero-order chi connectivity index (χ0) is 17.9. The van der Waals surface area contributed by atoms with Gasteiger partial charge in [-0.3, -0.25) is 19.3 Å². The number of unbranched alkanes of at least 4 members (excludes halogenated alkanes) is 3. The van der Waals surface area contributed by atoms with Gasteiger partial charge >= 0.3 is 5.97 Å². The Morgan fingerprint density at radius 3 is 2.33 bits per heavy atom. The van der Waals surface area contributed by atoms with Crippen LogP contribution in [0.2, 0.25) is 0 Å². The van der Waals surface area contributed by atoms with E-state index in [0.717, 1.165) is 11.3 Å². The molecule has 1 rings (SSSR count). The van der Waals surface area contributed by atoms with Crippen molar-refractivity contribution in [3.8, 4) is 0 Å². The van der Waals surface area contributed by atoms with E-state index < -0.39 is 12.0 Å². The van der Waals surface area contributed by atoms with Gasteiger partial charge in [-0.05, 0) is 38.6 Å². The highest BCUT2D eigenvalue weighted by Crippen LogP contribution is 2.08. The number of imide groups is 1. The Bertz CT molecular complexity index is 486. The largest absolute Gasteiger partial charge is 0.480 e. The number of aliphatic carboxylic acids is 1. The topological polar surface area (TPSA) is 130 Å². The first kappa shape index (κ1) is 19.8. The van der Waals surface area contributed by atoms with Crippen molar-refractivity contribution in [1.29, 1.82) is 0 Å². The van der Waals surface area contributed by atoms with E-state index in [1.807, 2.05) is 0 Å². The first-order valence-electron chi connectivity index (χ1n) is 8.21. The van der Waals surface area contributed by atoms with Gasteiger partial charge in [-0.15, -0.1) is 0 Å². The molecule has 0 aliphatic carbocycles. The molecule has 1 aliphatic heterocycles. The number of nitrogens with two attached hydrogens (primary N) is 1. The Labute approximate surface area is 141 Å². The lowest BCUT2D eigenvalue weighted by Crippen LogP contribution is -2.40.